The number of benzene rings is 2. The van der Waals surface area contributed by atoms with Crippen LogP contribution in [-0.2, 0) is 31.5 Å². The summed E-state index contributed by atoms with van der Waals surface area (Å²) in [4.78, 5) is 34.9. The highest BCUT2D eigenvalue weighted by Gasteiger charge is 2.55. The molecule has 4 atom stereocenters. The van der Waals surface area contributed by atoms with Gasteiger partial charge in [-0.05, 0) is 41.8 Å². The predicted octanol–water partition coefficient (Wildman–Crippen LogP) is 5.29. The first-order valence-electron chi connectivity index (χ1n) is 14.8. The zero-order chi connectivity index (χ0) is 32.3. The number of esters is 1. The van der Waals surface area contributed by atoms with Gasteiger partial charge in [0.25, 0.3) is 0 Å². The van der Waals surface area contributed by atoms with E-state index in [1.54, 1.807) is 12.3 Å². The van der Waals surface area contributed by atoms with Gasteiger partial charge in [-0.2, -0.15) is 0 Å². The fourth-order valence-electron chi connectivity index (χ4n) is 7.09. The molecule has 2 aliphatic heterocycles. The first-order chi connectivity index (χ1) is 22.2. The van der Waals surface area contributed by atoms with E-state index in [1.165, 1.54) is 25.4 Å². The number of fused-ring (bicyclic) bond motifs is 5. The lowest BCUT2D eigenvalue weighted by Gasteiger charge is -2.38. The number of nitrogens with zero attached hydrogens (tertiary/aromatic N) is 4. The number of rotatable bonds is 9. The highest BCUT2D eigenvalue weighted by Crippen LogP contribution is 2.52. The van der Waals surface area contributed by atoms with Crippen molar-refractivity contribution in [1.29, 1.82) is 0 Å². The minimum absolute atomic E-state index is 0.00405. The summed E-state index contributed by atoms with van der Waals surface area (Å²) in [6.45, 7) is 0.385. The second-order valence-corrected chi connectivity index (χ2v) is 12.9. The number of methoxy groups -OCH3 is 2. The Morgan fingerprint density at radius 1 is 1.13 bits per heavy atom. The molecule has 238 valence electrons. The van der Waals surface area contributed by atoms with E-state index in [-0.39, 0.29) is 53.9 Å². The molecule has 46 heavy (non-hydrogen) atoms. The molecule has 2 aromatic carbocycles. The normalized spacial score (nSPS) is 19.5. The molecule has 1 aliphatic carbocycles. The maximum Gasteiger partial charge on any atom is 0.407 e. The van der Waals surface area contributed by atoms with E-state index in [0.717, 1.165) is 16.5 Å². The topological polar surface area (TPSA) is 133 Å². The number of carboxylic acid groups (broad SMARTS) is 1. The summed E-state index contributed by atoms with van der Waals surface area (Å²) in [5.74, 6) is -0.578. The van der Waals surface area contributed by atoms with Gasteiger partial charge in [0.05, 0.1) is 41.9 Å². The fourth-order valence-corrected chi connectivity index (χ4v) is 7.78. The Morgan fingerprint density at radius 3 is 2.65 bits per heavy atom. The Kier molecular flexibility index (Phi) is 7.60. The summed E-state index contributed by atoms with van der Waals surface area (Å²) in [5, 5.41) is 12.6. The summed E-state index contributed by atoms with van der Waals surface area (Å²) in [6, 6.07) is 12.4. The molecule has 3 aromatic heterocycles. The average molecular weight is 647 g/mol. The molecular formula is C33H31FN4O7S. The van der Waals surface area contributed by atoms with E-state index in [0.29, 0.717) is 40.6 Å². The van der Waals surface area contributed by atoms with Crippen LogP contribution in [-0.4, -0.2) is 80.7 Å². The number of amides is 1. The number of halogens is 1. The lowest BCUT2D eigenvalue weighted by atomic mass is 9.79. The molecule has 5 heterocycles. The first-order valence-corrected chi connectivity index (χ1v) is 16.3. The predicted molar refractivity (Wildman–Crippen MR) is 169 cm³/mol. The molecule has 0 spiro atoms. The molecule has 5 aromatic rings. The molecule has 11 nitrogen and oxygen atoms in total. The molecule has 1 N–H and O–H groups in total. The minimum Gasteiger partial charge on any atom is -0.469 e. The Hall–Kier alpha value is -4.62. The van der Waals surface area contributed by atoms with Gasteiger partial charge in [0, 0.05) is 54.1 Å². The Bertz CT molecular complexity index is 2080. The van der Waals surface area contributed by atoms with Crippen LogP contribution >= 0.6 is 0 Å². The number of pyridine rings is 2. The van der Waals surface area contributed by atoms with E-state index in [1.807, 2.05) is 41.0 Å². The van der Waals surface area contributed by atoms with Crippen molar-refractivity contribution in [1.82, 2.24) is 19.4 Å². The smallest absolute Gasteiger partial charge is 0.407 e. The van der Waals surface area contributed by atoms with Crippen molar-refractivity contribution in [2.75, 3.05) is 33.8 Å². The van der Waals surface area contributed by atoms with E-state index < -0.39 is 28.7 Å². The number of ether oxygens (including phenoxy) is 3. The van der Waals surface area contributed by atoms with Crippen LogP contribution in [0.25, 0.3) is 43.8 Å². The van der Waals surface area contributed by atoms with Gasteiger partial charge in [-0.1, -0.05) is 24.3 Å². The Balaban J connectivity index is 1.48. The van der Waals surface area contributed by atoms with Crippen LogP contribution in [0.2, 0.25) is 0 Å². The van der Waals surface area contributed by atoms with Crippen molar-refractivity contribution in [3.8, 4) is 17.0 Å². The monoisotopic (exact) mass is 646 g/mol. The molecule has 1 saturated carbocycles. The van der Waals surface area contributed by atoms with Crippen LogP contribution < -0.4 is 4.74 Å². The van der Waals surface area contributed by atoms with Crippen molar-refractivity contribution in [3.05, 3.63) is 60.2 Å². The number of hydrogen-bond acceptors (Lipinski definition) is 8. The molecule has 8 rings (SSSR count). The SMILES string of the molecule is COCOc1cc(-c2ncc3c(nc(S(C)=O)c4cc(CCC(=O)OC)n(C5C6CC5N(C(=O)O)C6)c43)c2F)c2ccccc2c1. The third-order valence-corrected chi connectivity index (χ3v) is 9.98. The number of carbonyl (C=O) groups excluding carboxylic acids is 1. The molecule has 4 unspecified atom stereocenters. The molecule has 1 amide bonds. The van der Waals surface area contributed by atoms with Gasteiger partial charge >= 0.3 is 12.1 Å². The van der Waals surface area contributed by atoms with Crippen molar-refractivity contribution in [3.63, 3.8) is 0 Å². The maximum atomic E-state index is 16.9. The van der Waals surface area contributed by atoms with Crippen LogP contribution in [0.3, 0.4) is 0 Å². The number of hydrogen-bond donors (Lipinski definition) is 1. The van der Waals surface area contributed by atoms with Gasteiger partial charge in [-0.15, -0.1) is 0 Å². The second kappa shape index (κ2) is 11.6. The third-order valence-electron chi connectivity index (χ3n) is 9.12. The summed E-state index contributed by atoms with van der Waals surface area (Å²) in [7, 11) is 1.22. The third kappa shape index (κ3) is 4.76. The van der Waals surface area contributed by atoms with Gasteiger partial charge in [0.1, 0.15) is 22.0 Å². The van der Waals surface area contributed by atoms with Crippen molar-refractivity contribution >= 4 is 55.4 Å². The van der Waals surface area contributed by atoms with E-state index in [4.69, 9.17) is 14.2 Å². The second-order valence-electron chi connectivity index (χ2n) is 11.6. The molecule has 13 heteroatoms. The molecule has 3 fully saturated rings. The van der Waals surface area contributed by atoms with Gasteiger partial charge in [-0.25, -0.2) is 14.2 Å². The highest BCUT2D eigenvalue weighted by molar-refractivity contribution is 7.84. The molecule has 0 radical (unpaired) electrons. The minimum atomic E-state index is -1.61. The first kappa shape index (κ1) is 30.1. The van der Waals surface area contributed by atoms with Crippen LogP contribution in [0.5, 0.6) is 5.75 Å². The summed E-state index contributed by atoms with van der Waals surface area (Å²) < 4.78 is 47.7. The van der Waals surface area contributed by atoms with Gasteiger partial charge in [0.2, 0.25) is 0 Å². The number of aryl methyl sites for hydroxylation is 1. The van der Waals surface area contributed by atoms with E-state index in [2.05, 4.69) is 9.97 Å². The lowest BCUT2D eigenvalue weighted by molar-refractivity contribution is -0.140. The zero-order valence-corrected chi connectivity index (χ0v) is 26.2. The maximum absolute atomic E-state index is 16.9. The summed E-state index contributed by atoms with van der Waals surface area (Å²) in [6.07, 6.45) is 3.13. The van der Waals surface area contributed by atoms with Gasteiger partial charge < -0.3 is 28.8 Å². The number of carbonyl (C=O) groups is 2. The Labute approximate surface area is 265 Å². The summed E-state index contributed by atoms with van der Waals surface area (Å²) >= 11 is 0. The van der Waals surface area contributed by atoms with Crippen LogP contribution in [0, 0.1) is 11.7 Å². The lowest BCUT2D eigenvalue weighted by Crippen LogP contribution is -2.42. The molecule has 2 bridgehead atoms. The largest absolute Gasteiger partial charge is 0.469 e. The van der Waals surface area contributed by atoms with Crippen LogP contribution in [0.4, 0.5) is 9.18 Å². The molecular weight excluding hydrogens is 615 g/mol. The quantitative estimate of drug-likeness (QED) is 0.168. The van der Waals surface area contributed by atoms with Crippen LogP contribution in [0.1, 0.15) is 24.6 Å². The van der Waals surface area contributed by atoms with E-state index >= 15 is 4.39 Å². The van der Waals surface area contributed by atoms with Crippen molar-refractivity contribution < 1.29 is 37.5 Å². The number of aromatic nitrogens is 3. The van der Waals surface area contributed by atoms with Gasteiger partial charge in [-0.3, -0.25) is 14.0 Å². The molecule has 2 saturated heterocycles. The fraction of sp³-hybridized carbons (Fsp3) is 0.333. The average Bonchev–Trinajstić information content (AvgIpc) is 3.75. The standard InChI is InChI=1S/C33H31FN4O7S/c1-43-16-45-20-10-17-6-4-5-7-21(17)22(13-20)28-27(34)29-24(14-35-28)31-23(32(36-29)46(3)42)12-19(8-9-26(39)44-2)38(31)30-18-11-25(30)37(15-18)33(40)41/h4-7,10,12-14,18,25,30H,8-9,11,15-16H2,1-3H3,(H,40,41). The van der Waals surface area contributed by atoms with Crippen molar-refractivity contribution in [2.24, 2.45) is 5.92 Å². The molecule has 3 aliphatic rings. The zero-order valence-electron chi connectivity index (χ0n) is 25.4. The Morgan fingerprint density at radius 2 is 1.93 bits per heavy atom. The van der Waals surface area contributed by atoms with Crippen LogP contribution in [0.15, 0.2) is 53.7 Å². The summed E-state index contributed by atoms with van der Waals surface area (Å²) in [5.41, 5.74) is 1.84. The van der Waals surface area contributed by atoms with E-state index in [9.17, 15) is 18.9 Å². The van der Waals surface area contributed by atoms with Crippen molar-refractivity contribution in [2.45, 2.75) is 36.4 Å². The highest BCUT2D eigenvalue weighted by atomic mass is 32.2. The van der Waals surface area contributed by atoms with Gasteiger partial charge in [0.15, 0.2) is 12.6 Å².